The number of nitro groups is 1. The van der Waals surface area contributed by atoms with E-state index in [1.54, 1.807) is 4.90 Å². The number of aromatic nitrogens is 1. The second kappa shape index (κ2) is 6.23. The first kappa shape index (κ1) is 15.9. The molecule has 0 saturated carbocycles. The highest BCUT2D eigenvalue weighted by molar-refractivity contribution is 5.79. The molecule has 1 saturated heterocycles. The quantitative estimate of drug-likeness (QED) is 0.683. The van der Waals surface area contributed by atoms with Gasteiger partial charge in [-0.25, -0.2) is 14.2 Å². The van der Waals surface area contributed by atoms with Gasteiger partial charge >= 0.3 is 5.97 Å². The largest absolute Gasteiger partial charge is 0.480 e. The van der Waals surface area contributed by atoms with Crippen LogP contribution in [0.25, 0.3) is 11.3 Å². The van der Waals surface area contributed by atoms with Crippen molar-refractivity contribution in [2.24, 2.45) is 0 Å². The Labute approximate surface area is 136 Å². The lowest BCUT2D eigenvalue weighted by molar-refractivity contribution is -0.384. The number of hydrogen-bond donors (Lipinski definition) is 1. The van der Waals surface area contributed by atoms with Crippen LogP contribution in [0.1, 0.15) is 12.8 Å². The zero-order valence-electron chi connectivity index (χ0n) is 12.6. The van der Waals surface area contributed by atoms with Gasteiger partial charge in [0.15, 0.2) is 5.69 Å². The average molecular weight is 331 g/mol. The summed E-state index contributed by atoms with van der Waals surface area (Å²) in [5.41, 5.74) is 0.279. The fourth-order valence-corrected chi connectivity index (χ4v) is 2.87. The van der Waals surface area contributed by atoms with Crippen LogP contribution in [0.4, 0.5) is 15.9 Å². The number of carboxylic acids is 1. The van der Waals surface area contributed by atoms with Gasteiger partial charge in [-0.2, -0.15) is 0 Å². The number of pyridine rings is 1. The Kier molecular flexibility index (Phi) is 4.11. The number of carbonyl (C=O) groups is 1. The summed E-state index contributed by atoms with van der Waals surface area (Å²) in [7, 11) is 0. The van der Waals surface area contributed by atoms with E-state index in [4.69, 9.17) is 0 Å². The third-order valence-corrected chi connectivity index (χ3v) is 4.01. The van der Waals surface area contributed by atoms with E-state index in [2.05, 4.69) is 4.98 Å². The summed E-state index contributed by atoms with van der Waals surface area (Å²) in [6.07, 6.45) is 1.21. The molecule has 1 fully saturated rings. The second-order valence-electron chi connectivity index (χ2n) is 5.49. The fourth-order valence-electron chi connectivity index (χ4n) is 2.87. The van der Waals surface area contributed by atoms with Gasteiger partial charge in [0.2, 0.25) is 0 Å². The first-order valence-electron chi connectivity index (χ1n) is 7.38. The average Bonchev–Trinajstić information content (AvgIpc) is 3.05. The van der Waals surface area contributed by atoms with E-state index in [-0.39, 0.29) is 11.4 Å². The number of benzene rings is 1. The fraction of sp³-hybridized carbons (Fsp3) is 0.250. The number of halogens is 1. The van der Waals surface area contributed by atoms with Crippen LogP contribution >= 0.6 is 0 Å². The number of rotatable bonds is 4. The topological polar surface area (TPSA) is 96.6 Å². The molecule has 0 radical (unpaired) electrons. The van der Waals surface area contributed by atoms with Gasteiger partial charge in [-0.1, -0.05) is 0 Å². The molecule has 1 aliphatic heterocycles. The molecule has 0 bridgehead atoms. The molecule has 1 aliphatic rings. The van der Waals surface area contributed by atoms with Crippen molar-refractivity contribution in [3.63, 3.8) is 0 Å². The molecule has 0 aliphatic carbocycles. The van der Waals surface area contributed by atoms with Gasteiger partial charge in [0.1, 0.15) is 17.7 Å². The Morgan fingerprint density at radius 1 is 1.29 bits per heavy atom. The molecule has 1 N–H and O–H groups in total. The zero-order chi connectivity index (χ0) is 17.3. The number of anilines is 1. The van der Waals surface area contributed by atoms with Crippen LogP contribution in [-0.4, -0.2) is 33.6 Å². The lowest BCUT2D eigenvalue weighted by Gasteiger charge is -2.22. The van der Waals surface area contributed by atoms with Crippen molar-refractivity contribution in [1.29, 1.82) is 0 Å². The highest BCUT2D eigenvalue weighted by Crippen LogP contribution is 2.32. The lowest BCUT2D eigenvalue weighted by atomic mass is 10.1. The van der Waals surface area contributed by atoms with E-state index in [0.717, 1.165) is 0 Å². The first-order valence-corrected chi connectivity index (χ1v) is 7.38. The standard InChI is InChI=1S/C16H14FN3O4/c17-11-5-3-10(4-6-11)15-12(20(23)24)7-8-14(18-15)19-9-1-2-13(19)16(21)22/h3-8,13H,1-2,9H2,(H,21,22)/t13-/m1/s1. The Morgan fingerprint density at radius 2 is 2.00 bits per heavy atom. The first-order chi connectivity index (χ1) is 11.5. The summed E-state index contributed by atoms with van der Waals surface area (Å²) in [5, 5.41) is 20.5. The highest BCUT2D eigenvalue weighted by atomic mass is 19.1. The van der Waals surface area contributed by atoms with Crippen LogP contribution in [0, 0.1) is 15.9 Å². The molecule has 1 aromatic heterocycles. The van der Waals surface area contributed by atoms with Gasteiger partial charge in [0.05, 0.1) is 4.92 Å². The van der Waals surface area contributed by atoms with E-state index in [9.17, 15) is 24.4 Å². The molecule has 0 amide bonds. The van der Waals surface area contributed by atoms with Crippen molar-refractivity contribution in [2.75, 3.05) is 11.4 Å². The molecule has 1 aromatic carbocycles. The van der Waals surface area contributed by atoms with Crippen molar-refractivity contribution in [1.82, 2.24) is 4.98 Å². The van der Waals surface area contributed by atoms with E-state index in [1.165, 1.54) is 36.4 Å². The van der Waals surface area contributed by atoms with Crippen LogP contribution in [0.5, 0.6) is 0 Å². The molecule has 1 atom stereocenters. The van der Waals surface area contributed by atoms with Crippen LogP contribution in [0.3, 0.4) is 0 Å². The summed E-state index contributed by atoms with van der Waals surface area (Å²) in [6, 6.07) is 7.28. The van der Waals surface area contributed by atoms with Gasteiger partial charge < -0.3 is 10.0 Å². The maximum absolute atomic E-state index is 13.1. The Balaban J connectivity index is 2.07. The summed E-state index contributed by atoms with van der Waals surface area (Å²) in [5.74, 6) is -1.04. The Morgan fingerprint density at radius 3 is 2.62 bits per heavy atom. The second-order valence-corrected chi connectivity index (χ2v) is 5.49. The summed E-state index contributed by atoms with van der Waals surface area (Å²) in [4.78, 5) is 28.0. The predicted molar refractivity (Wildman–Crippen MR) is 84.3 cm³/mol. The summed E-state index contributed by atoms with van der Waals surface area (Å²) >= 11 is 0. The number of hydrogen-bond acceptors (Lipinski definition) is 5. The van der Waals surface area contributed by atoms with Crippen molar-refractivity contribution in [3.8, 4) is 11.3 Å². The molecule has 7 nitrogen and oxygen atoms in total. The van der Waals surface area contributed by atoms with Crippen LogP contribution in [0.2, 0.25) is 0 Å². The monoisotopic (exact) mass is 331 g/mol. The third-order valence-electron chi connectivity index (χ3n) is 4.01. The SMILES string of the molecule is O=C(O)[C@H]1CCCN1c1ccc([N+](=O)[O-])c(-c2ccc(F)cc2)n1. The highest BCUT2D eigenvalue weighted by Gasteiger charge is 2.32. The zero-order valence-corrected chi connectivity index (χ0v) is 12.6. The lowest BCUT2D eigenvalue weighted by Crippen LogP contribution is -2.36. The van der Waals surface area contributed by atoms with E-state index in [1.807, 2.05) is 0 Å². The molecule has 0 unspecified atom stereocenters. The van der Waals surface area contributed by atoms with E-state index in [0.29, 0.717) is 30.8 Å². The molecule has 124 valence electrons. The summed E-state index contributed by atoms with van der Waals surface area (Å²) < 4.78 is 13.1. The molecule has 2 aromatic rings. The van der Waals surface area contributed by atoms with Gasteiger partial charge in [-0.05, 0) is 43.2 Å². The van der Waals surface area contributed by atoms with E-state index < -0.39 is 22.8 Å². The van der Waals surface area contributed by atoms with E-state index >= 15 is 0 Å². The van der Waals surface area contributed by atoms with Crippen LogP contribution < -0.4 is 4.90 Å². The van der Waals surface area contributed by atoms with Gasteiger partial charge in [-0.3, -0.25) is 10.1 Å². The predicted octanol–water partition coefficient (Wildman–Crippen LogP) is 2.85. The molecular weight excluding hydrogens is 317 g/mol. The van der Waals surface area contributed by atoms with Crippen LogP contribution in [0.15, 0.2) is 36.4 Å². The minimum Gasteiger partial charge on any atom is -0.480 e. The number of nitrogens with zero attached hydrogens (tertiary/aromatic N) is 3. The van der Waals surface area contributed by atoms with Crippen molar-refractivity contribution in [3.05, 3.63) is 52.3 Å². The maximum Gasteiger partial charge on any atom is 0.326 e. The molecule has 0 spiro atoms. The van der Waals surface area contributed by atoms with Gasteiger partial charge in [0, 0.05) is 18.2 Å². The van der Waals surface area contributed by atoms with Gasteiger partial charge in [-0.15, -0.1) is 0 Å². The number of aliphatic carboxylic acids is 1. The minimum atomic E-state index is -0.948. The Bertz CT molecular complexity index is 794. The molecule has 24 heavy (non-hydrogen) atoms. The molecule has 3 rings (SSSR count). The maximum atomic E-state index is 13.1. The molecule has 2 heterocycles. The summed E-state index contributed by atoms with van der Waals surface area (Å²) in [6.45, 7) is 0.518. The minimum absolute atomic E-state index is 0.0912. The Hall–Kier alpha value is -3.03. The smallest absolute Gasteiger partial charge is 0.326 e. The molecular formula is C16H14FN3O4. The van der Waals surface area contributed by atoms with Gasteiger partial charge in [0.25, 0.3) is 5.69 Å². The molecule has 8 heteroatoms. The van der Waals surface area contributed by atoms with Crippen molar-refractivity contribution >= 4 is 17.5 Å². The normalized spacial score (nSPS) is 17.0. The third kappa shape index (κ3) is 2.90. The number of carboxylic acid groups (broad SMARTS) is 1. The van der Waals surface area contributed by atoms with Crippen LogP contribution in [-0.2, 0) is 4.79 Å². The van der Waals surface area contributed by atoms with Crippen molar-refractivity contribution < 1.29 is 19.2 Å². The van der Waals surface area contributed by atoms with Crippen molar-refractivity contribution in [2.45, 2.75) is 18.9 Å².